The molecule has 0 aliphatic rings. The Balaban J connectivity index is 3.55. The van der Waals surface area contributed by atoms with E-state index in [0.29, 0.717) is 12.5 Å². The second kappa shape index (κ2) is 9.86. The predicted octanol–water partition coefficient (Wildman–Crippen LogP) is 3.67. The van der Waals surface area contributed by atoms with Crippen LogP contribution in [0.2, 0.25) is 0 Å². The average molecular weight is 254 g/mol. The summed E-state index contributed by atoms with van der Waals surface area (Å²) in [7, 11) is 0. The third-order valence-electron chi connectivity index (χ3n) is 2.77. The summed E-state index contributed by atoms with van der Waals surface area (Å²) >= 11 is 0. The van der Waals surface area contributed by atoms with Crippen LogP contribution in [0.1, 0.15) is 59.8 Å². The van der Waals surface area contributed by atoms with Gasteiger partial charge in [0.2, 0.25) is 0 Å². The minimum absolute atomic E-state index is 0.0297. The molecule has 0 radical (unpaired) electrons. The predicted molar refractivity (Wildman–Crippen MR) is 73.3 cm³/mol. The lowest BCUT2D eigenvalue weighted by atomic mass is 10.0. The van der Waals surface area contributed by atoms with Gasteiger partial charge in [-0.25, -0.2) is 0 Å². The fourth-order valence-electron chi connectivity index (χ4n) is 1.53. The molecule has 0 aromatic heterocycles. The highest BCUT2D eigenvalue weighted by Crippen LogP contribution is 2.12. The highest BCUT2D eigenvalue weighted by molar-refractivity contribution is 5.80. The van der Waals surface area contributed by atoms with Crippen LogP contribution in [-0.4, -0.2) is 18.4 Å². The van der Waals surface area contributed by atoms with Gasteiger partial charge in [0.05, 0.1) is 13.0 Å². The molecule has 3 nitrogen and oxygen atoms in total. The molecular weight excluding hydrogens is 228 g/mol. The van der Waals surface area contributed by atoms with E-state index < -0.39 is 0 Å². The summed E-state index contributed by atoms with van der Waals surface area (Å²) in [5.74, 6) is 0.324. The minimum atomic E-state index is -0.262. The van der Waals surface area contributed by atoms with Gasteiger partial charge >= 0.3 is 5.97 Å². The van der Waals surface area contributed by atoms with E-state index in [1.807, 2.05) is 0 Å². The van der Waals surface area contributed by atoms with Crippen molar-refractivity contribution in [1.29, 1.82) is 0 Å². The average Bonchev–Trinajstić information content (AvgIpc) is 2.25. The normalized spacial score (nSPS) is 11.8. The number of hydrogen-bond donors (Lipinski definition) is 0. The maximum absolute atomic E-state index is 11.2. The van der Waals surface area contributed by atoms with Crippen molar-refractivity contribution in [3.05, 3.63) is 11.6 Å². The molecule has 0 saturated carbocycles. The lowest BCUT2D eigenvalue weighted by Gasteiger charge is -2.10. The van der Waals surface area contributed by atoms with Crippen molar-refractivity contribution in [3.8, 4) is 0 Å². The summed E-state index contributed by atoms with van der Waals surface area (Å²) in [5, 5.41) is 0. The molecule has 0 aliphatic heterocycles. The first-order valence-electron chi connectivity index (χ1n) is 6.70. The minimum Gasteiger partial charge on any atom is -0.466 e. The standard InChI is InChI=1S/C15H26O3/c1-12(2)6-5-7-13(3)10-11-18-15(17)9-8-14(4)16/h6,13H,5,7-11H2,1-4H3. The number of hydrogen-bond acceptors (Lipinski definition) is 3. The second-order valence-electron chi connectivity index (χ2n) is 5.18. The van der Waals surface area contributed by atoms with Gasteiger partial charge in [-0.15, -0.1) is 0 Å². The number of carbonyl (C=O) groups excluding carboxylic acids is 2. The molecule has 18 heavy (non-hydrogen) atoms. The lowest BCUT2D eigenvalue weighted by Crippen LogP contribution is -2.09. The van der Waals surface area contributed by atoms with Crippen LogP contribution in [0.3, 0.4) is 0 Å². The van der Waals surface area contributed by atoms with Gasteiger partial charge in [-0.1, -0.05) is 18.6 Å². The maximum atomic E-state index is 11.2. The van der Waals surface area contributed by atoms with Crippen LogP contribution in [0.15, 0.2) is 11.6 Å². The Morgan fingerprint density at radius 1 is 1.11 bits per heavy atom. The Labute approximate surface area is 111 Å². The Hall–Kier alpha value is -1.12. The fraction of sp³-hybridized carbons (Fsp3) is 0.733. The Bertz CT molecular complexity index is 288. The Kier molecular flexibility index (Phi) is 9.25. The highest BCUT2D eigenvalue weighted by Gasteiger charge is 2.06. The number of esters is 1. The van der Waals surface area contributed by atoms with Crippen molar-refractivity contribution in [2.24, 2.45) is 5.92 Å². The number of ether oxygens (including phenoxy) is 1. The fourth-order valence-corrected chi connectivity index (χ4v) is 1.53. The molecule has 3 heteroatoms. The molecule has 1 atom stereocenters. The van der Waals surface area contributed by atoms with Crippen LogP contribution in [-0.2, 0) is 14.3 Å². The molecule has 0 N–H and O–H groups in total. The zero-order valence-electron chi connectivity index (χ0n) is 12.1. The number of allylic oxidation sites excluding steroid dienone is 2. The van der Waals surface area contributed by atoms with Crippen LogP contribution < -0.4 is 0 Å². The van der Waals surface area contributed by atoms with Gasteiger partial charge in [0.1, 0.15) is 5.78 Å². The van der Waals surface area contributed by atoms with Gasteiger partial charge in [0.15, 0.2) is 0 Å². The molecule has 1 unspecified atom stereocenters. The molecule has 104 valence electrons. The first-order chi connectivity index (χ1) is 8.41. The van der Waals surface area contributed by atoms with Crippen LogP contribution in [0.4, 0.5) is 0 Å². The van der Waals surface area contributed by atoms with E-state index in [2.05, 4.69) is 26.8 Å². The first-order valence-corrected chi connectivity index (χ1v) is 6.70. The third-order valence-corrected chi connectivity index (χ3v) is 2.77. The monoisotopic (exact) mass is 254 g/mol. The Morgan fingerprint density at radius 2 is 1.78 bits per heavy atom. The van der Waals surface area contributed by atoms with Crippen molar-refractivity contribution in [2.45, 2.75) is 59.8 Å². The molecule has 0 fully saturated rings. The van der Waals surface area contributed by atoms with Crippen LogP contribution in [0.5, 0.6) is 0 Å². The van der Waals surface area contributed by atoms with E-state index in [1.165, 1.54) is 12.5 Å². The van der Waals surface area contributed by atoms with Gasteiger partial charge in [0, 0.05) is 6.42 Å². The van der Waals surface area contributed by atoms with E-state index in [4.69, 9.17) is 4.74 Å². The van der Waals surface area contributed by atoms with E-state index in [9.17, 15) is 9.59 Å². The summed E-state index contributed by atoms with van der Waals surface area (Å²) in [4.78, 5) is 21.9. The molecule has 0 aliphatic carbocycles. The number of carbonyl (C=O) groups is 2. The van der Waals surface area contributed by atoms with Crippen LogP contribution in [0.25, 0.3) is 0 Å². The topological polar surface area (TPSA) is 43.4 Å². The summed E-state index contributed by atoms with van der Waals surface area (Å²) < 4.78 is 5.08. The third kappa shape index (κ3) is 11.4. The van der Waals surface area contributed by atoms with Crippen molar-refractivity contribution in [3.63, 3.8) is 0 Å². The molecule has 0 rings (SSSR count). The SMILES string of the molecule is CC(=O)CCC(=O)OCCC(C)CCC=C(C)C. The number of ketones is 1. The largest absolute Gasteiger partial charge is 0.466 e. The molecule has 0 spiro atoms. The zero-order chi connectivity index (χ0) is 14.0. The zero-order valence-corrected chi connectivity index (χ0v) is 12.1. The lowest BCUT2D eigenvalue weighted by molar-refractivity contribution is -0.145. The van der Waals surface area contributed by atoms with Gasteiger partial charge in [0.25, 0.3) is 0 Å². The van der Waals surface area contributed by atoms with Crippen molar-refractivity contribution >= 4 is 11.8 Å². The molecule has 0 saturated heterocycles. The molecule has 0 aromatic carbocycles. The van der Waals surface area contributed by atoms with Crippen LogP contribution in [0, 0.1) is 5.92 Å². The maximum Gasteiger partial charge on any atom is 0.306 e. The van der Waals surface area contributed by atoms with E-state index in [1.54, 1.807) is 0 Å². The van der Waals surface area contributed by atoms with Crippen molar-refractivity contribution in [2.75, 3.05) is 6.61 Å². The number of Topliss-reactive ketones (excluding diaryl/α,β-unsaturated/α-hetero) is 1. The molecule has 0 bridgehead atoms. The molecule has 0 amide bonds. The van der Waals surface area contributed by atoms with Crippen molar-refractivity contribution < 1.29 is 14.3 Å². The van der Waals surface area contributed by atoms with E-state index >= 15 is 0 Å². The molecule has 0 aromatic rings. The quantitative estimate of drug-likeness (QED) is 0.466. The summed E-state index contributed by atoms with van der Waals surface area (Å²) in [6.07, 6.45) is 5.83. The van der Waals surface area contributed by atoms with Gasteiger partial charge < -0.3 is 9.53 Å². The molecule has 0 heterocycles. The summed E-state index contributed by atoms with van der Waals surface area (Å²) in [5.41, 5.74) is 1.35. The smallest absolute Gasteiger partial charge is 0.306 e. The van der Waals surface area contributed by atoms with E-state index in [-0.39, 0.29) is 24.6 Å². The number of rotatable bonds is 9. The van der Waals surface area contributed by atoms with Gasteiger partial charge in [-0.2, -0.15) is 0 Å². The van der Waals surface area contributed by atoms with Gasteiger partial charge in [-0.05, 0) is 46.0 Å². The first kappa shape index (κ1) is 16.9. The van der Waals surface area contributed by atoms with E-state index in [0.717, 1.165) is 19.3 Å². The second-order valence-corrected chi connectivity index (χ2v) is 5.18. The van der Waals surface area contributed by atoms with Gasteiger partial charge in [-0.3, -0.25) is 4.79 Å². The Morgan fingerprint density at radius 3 is 2.33 bits per heavy atom. The van der Waals surface area contributed by atoms with Crippen molar-refractivity contribution in [1.82, 2.24) is 0 Å². The molecular formula is C15H26O3. The summed E-state index contributed by atoms with van der Waals surface area (Å²) in [6, 6.07) is 0. The van der Waals surface area contributed by atoms with Crippen LogP contribution >= 0.6 is 0 Å². The summed E-state index contributed by atoms with van der Waals surface area (Å²) in [6.45, 7) is 8.32. The highest BCUT2D eigenvalue weighted by atomic mass is 16.5.